The number of carbonyl (C=O) groups is 2. The molecule has 0 radical (unpaired) electrons. The molecule has 1 aliphatic carbocycles. The van der Waals surface area contributed by atoms with Gasteiger partial charge in [0.25, 0.3) is 0 Å². The highest BCUT2D eigenvalue weighted by atomic mass is 16.5. The van der Waals surface area contributed by atoms with E-state index in [2.05, 4.69) is 5.32 Å². The van der Waals surface area contributed by atoms with Crippen LogP contribution in [0.3, 0.4) is 0 Å². The molecule has 0 bridgehead atoms. The van der Waals surface area contributed by atoms with Crippen LogP contribution in [0.1, 0.15) is 31.2 Å². The zero-order chi connectivity index (χ0) is 15.2. The second kappa shape index (κ2) is 7.11. The van der Waals surface area contributed by atoms with Crippen molar-refractivity contribution in [3.63, 3.8) is 0 Å². The minimum absolute atomic E-state index is 0.0166. The van der Waals surface area contributed by atoms with Crippen LogP contribution in [-0.4, -0.2) is 29.6 Å². The first kappa shape index (κ1) is 15.4. The summed E-state index contributed by atoms with van der Waals surface area (Å²) in [6, 6.07) is 7.65. The number of rotatable bonds is 6. The summed E-state index contributed by atoms with van der Waals surface area (Å²) in [5.41, 5.74) is 1.04. The maximum atomic E-state index is 11.8. The van der Waals surface area contributed by atoms with E-state index in [0.29, 0.717) is 19.4 Å². The fraction of sp³-hybridized carbons (Fsp3) is 0.500. The molecule has 0 spiro atoms. The van der Waals surface area contributed by atoms with Crippen LogP contribution in [0.25, 0.3) is 0 Å². The molecule has 1 amide bonds. The molecule has 1 fully saturated rings. The number of aryl methyl sites for hydroxylation is 1. The third-order valence-corrected chi connectivity index (χ3v) is 3.83. The topological polar surface area (TPSA) is 75.6 Å². The average Bonchev–Trinajstić information content (AvgIpc) is 2.89. The van der Waals surface area contributed by atoms with Crippen LogP contribution < -0.4 is 10.1 Å². The fourth-order valence-electron chi connectivity index (χ4n) is 2.61. The predicted molar refractivity (Wildman–Crippen MR) is 78.2 cm³/mol. The van der Waals surface area contributed by atoms with Gasteiger partial charge in [0.05, 0.1) is 18.9 Å². The van der Waals surface area contributed by atoms with Crippen LogP contribution in [0, 0.1) is 12.8 Å². The molecule has 0 saturated heterocycles. The van der Waals surface area contributed by atoms with Gasteiger partial charge in [-0.1, -0.05) is 18.2 Å². The first-order valence-corrected chi connectivity index (χ1v) is 7.27. The Morgan fingerprint density at radius 1 is 1.33 bits per heavy atom. The van der Waals surface area contributed by atoms with Crippen molar-refractivity contribution in [2.75, 3.05) is 6.61 Å². The fourth-order valence-corrected chi connectivity index (χ4v) is 2.61. The molecule has 1 aromatic carbocycles. The van der Waals surface area contributed by atoms with Crippen molar-refractivity contribution in [3.05, 3.63) is 29.8 Å². The van der Waals surface area contributed by atoms with E-state index in [1.807, 2.05) is 31.2 Å². The number of ether oxygens (including phenoxy) is 1. The Hall–Kier alpha value is -2.04. The lowest BCUT2D eigenvalue weighted by Crippen LogP contribution is -2.34. The van der Waals surface area contributed by atoms with Crippen molar-refractivity contribution >= 4 is 11.9 Å². The molecule has 1 saturated carbocycles. The average molecular weight is 291 g/mol. The molecule has 2 rings (SSSR count). The summed E-state index contributed by atoms with van der Waals surface area (Å²) in [5.74, 6) is -0.384. The van der Waals surface area contributed by atoms with Gasteiger partial charge in [0.2, 0.25) is 5.91 Å². The summed E-state index contributed by atoms with van der Waals surface area (Å²) in [6.07, 6.45) is 2.18. The molecule has 0 unspecified atom stereocenters. The van der Waals surface area contributed by atoms with Crippen molar-refractivity contribution in [2.24, 2.45) is 5.92 Å². The van der Waals surface area contributed by atoms with Gasteiger partial charge in [-0.2, -0.15) is 0 Å². The van der Waals surface area contributed by atoms with Crippen molar-refractivity contribution in [3.8, 4) is 5.75 Å². The van der Waals surface area contributed by atoms with E-state index >= 15 is 0 Å². The standard InChI is InChI=1S/C16H21NO4/c1-11-4-2-3-5-14(11)21-9-8-15(18)17-13-7-6-12(10-13)16(19)20/h2-5,12-13H,6-10H2,1H3,(H,17,18)(H,19,20)/t12-,13+/m1/s1. The lowest BCUT2D eigenvalue weighted by Gasteiger charge is -2.13. The minimum atomic E-state index is -0.769. The van der Waals surface area contributed by atoms with E-state index < -0.39 is 5.97 Å². The van der Waals surface area contributed by atoms with Gasteiger partial charge in [-0.3, -0.25) is 9.59 Å². The highest BCUT2D eigenvalue weighted by Crippen LogP contribution is 2.25. The highest BCUT2D eigenvalue weighted by molar-refractivity contribution is 5.77. The second-order valence-electron chi connectivity index (χ2n) is 5.48. The van der Waals surface area contributed by atoms with Crippen LogP contribution >= 0.6 is 0 Å². The molecule has 2 N–H and O–H groups in total. The van der Waals surface area contributed by atoms with Gasteiger partial charge in [-0.15, -0.1) is 0 Å². The van der Waals surface area contributed by atoms with Crippen LogP contribution in [-0.2, 0) is 9.59 Å². The van der Waals surface area contributed by atoms with Crippen LogP contribution in [0.4, 0.5) is 0 Å². The van der Waals surface area contributed by atoms with Gasteiger partial charge in [-0.05, 0) is 37.8 Å². The van der Waals surface area contributed by atoms with Gasteiger partial charge >= 0.3 is 5.97 Å². The number of hydrogen-bond donors (Lipinski definition) is 2. The normalized spacial score (nSPS) is 21.0. The number of nitrogens with one attached hydrogen (secondary N) is 1. The maximum absolute atomic E-state index is 11.8. The Morgan fingerprint density at radius 2 is 2.10 bits per heavy atom. The van der Waals surface area contributed by atoms with Gasteiger partial charge in [0.1, 0.15) is 5.75 Å². The van der Waals surface area contributed by atoms with Crippen molar-refractivity contribution in [1.82, 2.24) is 5.32 Å². The molecule has 0 aromatic heterocycles. The lowest BCUT2D eigenvalue weighted by atomic mass is 10.1. The number of benzene rings is 1. The highest BCUT2D eigenvalue weighted by Gasteiger charge is 2.30. The molecular formula is C16H21NO4. The Labute approximate surface area is 124 Å². The largest absolute Gasteiger partial charge is 0.493 e. The van der Waals surface area contributed by atoms with Gasteiger partial charge in [0, 0.05) is 6.04 Å². The number of amides is 1. The molecule has 2 atom stereocenters. The Balaban J connectivity index is 1.69. The minimum Gasteiger partial charge on any atom is -0.493 e. The first-order chi connectivity index (χ1) is 10.1. The number of aliphatic carboxylic acids is 1. The molecule has 5 nitrogen and oxygen atoms in total. The van der Waals surface area contributed by atoms with Gasteiger partial charge < -0.3 is 15.2 Å². The quantitative estimate of drug-likeness (QED) is 0.842. The summed E-state index contributed by atoms with van der Waals surface area (Å²) < 4.78 is 5.58. The van der Waals surface area contributed by atoms with Gasteiger partial charge in [-0.25, -0.2) is 0 Å². The Bertz CT molecular complexity index is 515. The number of carboxylic acid groups (broad SMARTS) is 1. The molecule has 114 valence electrons. The first-order valence-electron chi connectivity index (χ1n) is 7.27. The molecule has 1 aliphatic rings. The summed E-state index contributed by atoms with van der Waals surface area (Å²) in [7, 11) is 0. The van der Waals surface area contributed by atoms with E-state index in [1.165, 1.54) is 0 Å². The molecule has 5 heteroatoms. The summed E-state index contributed by atoms with van der Waals surface area (Å²) in [6.45, 7) is 2.28. The van der Waals surface area contributed by atoms with Crippen molar-refractivity contribution in [1.29, 1.82) is 0 Å². The van der Waals surface area contributed by atoms with E-state index in [0.717, 1.165) is 17.7 Å². The third-order valence-electron chi connectivity index (χ3n) is 3.83. The van der Waals surface area contributed by atoms with Crippen molar-refractivity contribution in [2.45, 2.75) is 38.6 Å². The van der Waals surface area contributed by atoms with Gasteiger partial charge in [0.15, 0.2) is 0 Å². The van der Waals surface area contributed by atoms with Crippen LogP contribution in [0.2, 0.25) is 0 Å². The van der Waals surface area contributed by atoms with E-state index in [-0.39, 0.29) is 24.3 Å². The van der Waals surface area contributed by atoms with E-state index in [4.69, 9.17) is 9.84 Å². The number of carboxylic acids is 1. The number of para-hydroxylation sites is 1. The Morgan fingerprint density at radius 3 is 2.76 bits per heavy atom. The molecule has 1 aromatic rings. The van der Waals surface area contributed by atoms with Crippen LogP contribution in [0.5, 0.6) is 5.75 Å². The lowest BCUT2D eigenvalue weighted by molar-refractivity contribution is -0.141. The molecular weight excluding hydrogens is 270 g/mol. The zero-order valence-corrected chi connectivity index (χ0v) is 12.2. The molecule has 0 aliphatic heterocycles. The molecule has 0 heterocycles. The number of hydrogen-bond acceptors (Lipinski definition) is 3. The van der Waals surface area contributed by atoms with E-state index in [9.17, 15) is 9.59 Å². The molecule has 21 heavy (non-hydrogen) atoms. The smallest absolute Gasteiger partial charge is 0.306 e. The Kier molecular flexibility index (Phi) is 5.20. The second-order valence-corrected chi connectivity index (χ2v) is 5.48. The monoisotopic (exact) mass is 291 g/mol. The predicted octanol–water partition coefficient (Wildman–Crippen LogP) is 2.13. The maximum Gasteiger partial charge on any atom is 0.306 e. The summed E-state index contributed by atoms with van der Waals surface area (Å²) in [4.78, 5) is 22.7. The van der Waals surface area contributed by atoms with Crippen molar-refractivity contribution < 1.29 is 19.4 Å². The number of carbonyl (C=O) groups excluding carboxylic acids is 1. The summed E-state index contributed by atoms with van der Waals surface area (Å²) in [5, 5.41) is 11.8. The zero-order valence-electron chi connectivity index (χ0n) is 12.2. The summed E-state index contributed by atoms with van der Waals surface area (Å²) >= 11 is 0. The third kappa shape index (κ3) is 4.48. The van der Waals surface area contributed by atoms with E-state index in [1.54, 1.807) is 0 Å². The SMILES string of the molecule is Cc1ccccc1OCCC(=O)N[C@H]1CC[C@@H](C(=O)O)C1. The van der Waals surface area contributed by atoms with Crippen LogP contribution in [0.15, 0.2) is 24.3 Å².